The molecule has 1 saturated heterocycles. The fraction of sp³-hybridized carbons (Fsp3) is 1.00. The van der Waals surface area contributed by atoms with Crippen LogP contribution in [0.1, 0.15) is 13.8 Å². The topological polar surface area (TPSA) is 18.5 Å². The third-order valence-corrected chi connectivity index (χ3v) is 1.48. The zero-order valence-electron chi connectivity index (χ0n) is 5.69. The van der Waals surface area contributed by atoms with E-state index < -0.39 is 5.79 Å². The van der Waals surface area contributed by atoms with E-state index in [1.54, 1.807) is 0 Å². The normalized spacial score (nSPS) is 28.3. The van der Waals surface area contributed by atoms with Gasteiger partial charge >= 0.3 is 0 Å². The largest absolute Gasteiger partial charge is 0.349 e. The zero-order chi connectivity index (χ0) is 6.91. The zero-order valence-corrected chi connectivity index (χ0v) is 6.44. The van der Waals surface area contributed by atoms with Crippen molar-refractivity contribution < 1.29 is 9.47 Å². The number of hydrogen-bond acceptors (Lipinski definition) is 2. The monoisotopic (exact) mass is 150 g/mol. The summed E-state index contributed by atoms with van der Waals surface area (Å²) in [6.07, 6.45) is 0. The van der Waals surface area contributed by atoms with Crippen LogP contribution in [0.2, 0.25) is 0 Å². The van der Waals surface area contributed by atoms with Crippen LogP contribution >= 0.6 is 11.6 Å². The van der Waals surface area contributed by atoms with Crippen molar-refractivity contribution in [1.29, 1.82) is 0 Å². The molecule has 2 nitrogen and oxygen atoms in total. The molecule has 0 aromatic heterocycles. The van der Waals surface area contributed by atoms with Crippen LogP contribution in [0.4, 0.5) is 0 Å². The van der Waals surface area contributed by atoms with Crippen LogP contribution in [-0.2, 0) is 9.47 Å². The van der Waals surface area contributed by atoms with Crippen LogP contribution in [-0.4, -0.2) is 24.4 Å². The van der Waals surface area contributed by atoms with E-state index in [2.05, 4.69) is 0 Å². The van der Waals surface area contributed by atoms with E-state index in [0.717, 1.165) is 0 Å². The average molecular weight is 151 g/mol. The summed E-state index contributed by atoms with van der Waals surface area (Å²) in [5, 5.41) is 0.0259. The Hall–Kier alpha value is 0.210. The summed E-state index contributed by atoms with van der Waals surface area (Å²) >= 11 is 5.69. The van der Waals surface area contributed by atoms with Crippen molar-refractivity contribution in [3.8, 4) is 0 Å². The second-order valence-electron chi connectivity index (χ2n) is 2.62. The number of halogens is 1. The lowest BCUT2D eigenvalue weighted by Gasteiger charge is -2.32. The Labute approximate surface area is 60.1 Å². The molecule has 1 fully saturated rings. The maximum Gasteiger partial charge on any atom is 0.162 e. The summed E-state index contributed by atoms with van der Waals surface area (Å²) in [5.41, 5.74) is 0. The minimum atomic E-state index is -0.425. The first-order chi connectivity index (χ1) is 4.10. The molecule has 0 radical (unpaired) electrons. The van der Waals surface area contributed by atoms with Crippen LogP contribution < -0.4 is 0 Å². The lowest BCUT2D eigenvalue weighted by molar-refractivity contribution is -0.242. The van der Waals surface area contributed by atoms with E-state index in [1.165, 1.54) is 0 Å². The molecule has 0 aromatic rings. The highest BCUT2D eigenvalue weighted by Crippen LogP contribution is 2.19. The number of rotatable bonds is 0. The molecular formula is C6H11ClO2. The van der Waals surface area contributed by atoms with E-state index in [9.17, 15) is 0 Å². The van der Waals surface area contributed by atoms with E-state index in [1.807, 2.05) is 13.8 Å². The first kappa shape index (κ1) is 7.32. The SMILES string of the molecule is CC1(C)OCC(Cl)CO1. The predicted octanol–water partition coefficient (Wildman–Crippen LogP) is 1.38. The van der Waals surface area contributed by atoms with Gasteiger partial charge in [-0.15, -0.1) is 11.6 Å². The van der Waals surface area contributed by atoms with Gasteiger partial charge in [-0.25, -0.2) is 0 Å². The summed E-state index contributed by atoms with van der Waals surface area (Å²) in [7, 11) is 0. The molecule has 1 aliphatic rings. The number of hydrogen-bond donors (Lipinski definition) is 0. The Kier molecular flexibility index (Phi) is 1.99. The van der Waals surface area contributed by atoms with Gasteiger partial charge < -0.3 is 9.47 Å². The molecular weight excluding hydrogens is 140 g/mol. The van der Waals surface area contributed by atoms with Crippen molar-refractivity contribution in [2.24, 2.45) is 0 Å². The van der Waals surface area contributed by atoms with E-state index in [0.29, 0.717) is 13.2 Å². The van der Waals surface area contributed by atoms with Gasteiger partial charge in [-0.2, -0.15) is 0 Å². The van der Waals surface area contributed by atoms with E-state index in [-0.39, 0.29) is 5.38 Å². The molecule has 0 aliphatic carbocycles. The maximum absolute atomic E-state index is 5.69. The van der Waals surface area contributed by atoms with Crippen LogP contribution in [0.25, 0.3) is 0 Å². The van der Waals surface area contributed by atoms with Gasteiger partial charge in [-0.1, -0.05) is 0 Å². The number of alkyl halides is 1. The predicted molar refractivity (Wildman–Crippen MR) is 35.6 cm³/mol. The summed E-state index contributed by atoms with van der Waals surface area (Å²) in [4.78, 5) is 0. The van der Waals surface area contributed by atoms with Crippen molar-refractivity contribution in [2.45, 2.75) is 25.0 Å². The van der Waals surface area contributed by atoms with E-state index in [4.69, 9.17) is 21.1 Å². The van der Waals surface area contributed by atoms with Gasteiger partial charge in [-0.05, 0) is 13.8 Å². The molecule has 0 spiro atoms. The molecule has 0 atom stereocenters. The van der Waals surface area contributed by atoms with Crippen molar-refractivity contribution in [3.05, 3.63) is 0 Å². The van der Waals surface area contributed by atoms with Crippen molar-refractivity contribution >= 4 is 11.6 Å². The van der Waals surface area contributed by atoms with E-state index >= 15 is 0 Å². The lowest BCUT2D eigenvalue weighted by Crippen LogP contribution is -2.39. The molecule has 0 unspecified atom stereocenters. The second kappa shape index (κ2) is 2.45. The Bertz CT molecular complexity index is 93.2. The fourth-order valence-electron chi connectivity index (χ4n) is 0.672. The third-order valence-electron chi connectivity index (χ3n) is 1.22. The highest BCUT2D eigenvalue weighted by molar-refractivity contribution is 6.20. The molecule has 9 heavy (non-hydrogen) atoms. The molecule has 0 bridgehead atoms. The molecule has 1 rings (SSSR count). The third kappa shape index (κ3) is 2.12. The Balaban J connectivity index is 2.35. The molecule has 0 amide bonds. The Morgan fingerprint density at radius 3 is 2.11 bits per heavy atom. The highest BCUT2D eigenvalue weighted by atomic mass is 35.5. The highest BCUT2D eigenvalue weighted by Gasteiger charge is 2.26. The van der Waals surface area contributed by atoms with Gasteiger partial charge in [0.25, 0.3) is 0 Å². The smallest absolute Gasteiger partial charge is 0.162 e. The van der Waals surface area contributed by atoms with Crippen molar-refractivity contribution in [1.82, 2.24) is 0 Å². The summed E-state index contributed by atoms with van der Waals surface area (Å²) in [5.74, 6) is -0.425. The maximum atomic E-state index is 5.69. The van der Waals surface area contributed by atoms with Crippen LogP contribution in [0, 0.1) is 0 Å². The van der Waals surface area contributed by atoms with Gasteiger partial charge in [0.2, 0.25) is 0 Å². The van der Waals surface area contributed by atoms with Gasteiger partial charge in [0, 0.05) is 0 Å². The van der Waals surface area contributed by atoms with Gasteiger partial charge in [0.05, 0.1) is 18.6 Å². The van der Waals surface area contributed by atoms with Crippen LogP contribution in [0.5, 0.6) is 0 Å². The summed E-state index contributed by atoms with van der Waals surface area (Å²) in [6.45, 7) is 4.95. The van der Waals surface area contributed by atoms with Crippen molar-refractivity contribution in [3.63, 3.8) is 0 Å². The first-order valence-corrected chi connectivity index (χ1v) is 3.46. The second-order valence-corrected chi connectivity index (χ2v) is 3.24. The Morgan fingerprint density at radius 2 is 1.78 bits per heavy atom. The van der Waals surface area contributed by atoms with Gasteiger partial charge in [0.15, 0.2) is 5.79 Å². The number of ether oxygens (including phenoxy) is 2. The quantitative estimate of drug-likeness (QED) is 0.486. The average Bonchev–Trinajstić information content (AvgIpc) is 1.78. The van der Waals surface area contributed by atoms with Gasteiger partial charge in [-0.3, -0.25) is 0 Å². The summed E-state index contributed by atoms with van der Waals surface area (Å²) < 4.78 is 10.4. The molecule has 0 aromatic carbocycles. The minimum absolute atomic E-state index is 0.0259. The Morgan fingerprint density at radius 1 is 1.33 bits per heavy atom. The molecule has 0 saturated carbocycles. The summed E-state index contributed by atoms with van der Waals surface area (Å²) in [6, 6.07) is 0. The van der Waals surface area contributed by atoms with Crippen LogP contribution in [0.15, 0.2) is 0 Å². The molecule has 1 aliphatic heterocycles. The molecule has 3 heteroatoms. The standard InChI is InChI=1S/C6H11ClO2/c1-6(2)8-3-5(7)4-9-6/h5H,3-4H2,1-2H3. The van der Waals surface area contributed by atoms with Gasteiger partial charge in [0.1, 0.15) is 0 Å². The minimum Gasteiger partial charge on any atom is -0.349 e. The fourth-order valence-corrected chi connectivity index (χ4v) is 0.798. The first-order valence-electron chi connectivity index (χ1n) is 3.02. The van der Waals surface area contributed by atoms with Crippen LogP contribution in [0.3, 0.4) is 0 Å². The molecule has 0 N–H and O–H groups in total. The lowest BCUT2D eigenvalue weighted by atomic mass is 10.3. The molecule has 1 heterocycles. The van der Waals surface area contributed by atoms with Crippen molar-refractivity contribution in [2.75, 3.05) is 13.2 Å². The molecule has 54 valence electrons.